The number of rotatable bonds is 4. The third-order valence-corrected chi connectivity index (χ3v) is 4.35. The Morgan fingerprint density at radius 2 is 2.19 bits per heavy atom. The van der Waals surface area contributed by atoms with Gasteiger partial charge in [-0.3, -0.25) is 4.79 Å². The third kappa shape index (κ3) is 3.25. The number of hydrogen-bond acceptors (Lipinski definition) is 5. The zero-order chi connectivity index (χ0) is 15.6. The number of hydrogen-bond donors (Lipinski definition) is 1. The van der Waals surface area contributed by atoms with Crippen LogP contribution in [0.3, 0.4) is 0 Å². The summed E-state index contributed by atoms with van der Waals surface area (Å²) in [5.74, 6) is 0.944. The molecule has 1 aromatic heterocycles. The van der Waals surface area contributed by atoms with Crippen molar-refractivity contribution in [3.05, 3.63) is 12.3 Å². The maximum atomic E-state index is 11.5. The van der Waals surface area contributed by atoms with Crippen LogP contribution in [0.1, 0.15) is 26.7 Å². The molecule has 0 bridgehead atoms. The van der Waals surface area contributed by atoms with Gasteiger partial charge in [-0.25, -0.2) is 4.98 Å². The number of anilines is 2. The Balaban J connectivity index is 2.18. The topological polar surface area (TPSA) is 69.6 Å². The standard InChI is InChI=1S/C15H24N4O2/c1-15(2,13(20)21)11-6-5-9-19(10-11)12-7-8-16-14(17-12)18(3)4/h7-8,11H,5-6,9-10H2,1-4H3,(H,20,21). The molecule has 1 atom stereocenters. The van der Waals surface area contributed by atoms with E-state index in [1.165, 1.54) is 0 Å². The molecule has 1 fully saturated rings. The first-order chi connectivity index (χ1) is 9.82. The van der Waals surface area contributed by atoms with E-state index in [1.807, 2.05) is 38.9 Å². The smallest absolute Gasteiger partial charge is 0.309 e. The molecular formula is C15H24N4O2. The van der Waals surface area contributed by atoms with Crippen molar-refractivity contribution in [2.45, 2.75) is 26.7 Å². The Morgan fingerprint density at radius 3 is 2.81 bits per heavy atom. The Labute approximate surface area is 125 Å². The fourth-order valence-corrected chi connectivity index (χ4v) is 2.68. The summed E-state index contributed by atoms with van der Waals surface area (Å²) in [5, 5.41) is 9.42. The highest BCUT2D eigenvalue weighted by molar-refractivity contribution is 5.74. The molecule has 0 aromatic carbocycles. The molecule has 0 amide bonds. The first kappa shape index (κ1) is 15.5. The molecule has 21 heavy (non-hydrogen) atoms. The molecule has 6 nitrogen and oxygen atoms in total. The van der Waals surface area contributed by atoms with Crippen molar-refractivity contribution in [1.29, 1.82) is 0 Å². The lowest BCUT2D eigenvalue weighted by Crippen LogP contribution is -2.45. The van der Waals surface area contributed by atoms with Crippen LogP contribution in [0.5, 0.6) is 0 Å². The Kier molecular flexibility index (Phi) is 4.34. The normalized spacial score (nSPS) is 19.4. The summed E-state index contributed by atoms with van der Waals surface area (Å²) < 4.78 is 0. The first-order valence-electron chi connectivity index (χ1n) is 7.31. The number of carboxylic acids is 1. The molecule has 116 valence electrons. The fraction of sp³-hybridized carbons (Fsp3) is 0.667. The minimum Gasteiger partial charge on any atom is -0.481 e. The maximum Gasteiger partial charge on any atom is 0.309 e. The van der Waals surface area contributed by atoms with Crippen LogP contribution in [0.25, 0.3) is 0 Å². The largest absolute Gasteiger partial charge is 0.481 e. The molecule has 0 aliphatic carbocycles. The predicted octanol–water partition coefficient (Wildman–Crippen LogP) is 1.87. The lowest BCUT2D eigenvalue weighted by Gasteiger charge is -2.39. The SMILES string of the molecule is CN(C)c1nccc(N2CCCC(C(C)(C)C(=O)O)C2)n1. The summed E-state index contributed by atoms with van der Waals surface area (Å²) in [6, 6.07) is 1.89. The van der Waals surface area contributed by atoms with Gasteiger partial charge in [0.05, 0.1) is 5.41 Å². The minimum atomic E-state index is -0.731. The van der Waals surface area contributed by atoms with E-state index in [0.717, 1.165) is 31.7 Å². The molecule has 6 heteroatoms. The number of piperidine rings is 1. The van der Waals surface area contributed by atoms with Crippen LogP contribution in [0.2, 0.25) is 0 Å². The third-order valence-electron chi connectivity index (χ3n) is 4.35. The zero-order valence-corrected chi connectivity index (χ0v) is 13.2. The zero-order valence-electron chi connectivity index (χ0n) is 13.2. The lowest BCUT2D eigenvalue weighted by atomic mass is 9.74. The number of carbonyl (C=O) groups is 1. The van der Waals surface area contributed by atoms with Gasteiger partial charge >= 0.3 is 5.97 Å². The van der Waals surface area contributed by atoms with Crippen molar-refractivity contribution in [2.24, 2.45) is 11.3 Å². The van der Waals surface area contributed by atoms with Crippen LogP contribution in [-0.2, 0) is 4.79 Å². The molecule has 1 aromatic rings. The second-order valence-electron chi connectivity index (χ2n) is 6.42. The van der Waals surface area contributed by atoms with E-state index in [9.17, 15) is 9.90 Å². The van der Waals surface area contributed by atoms with Gasteiger partial charge in [-0.2, -0.15) is 4.98 Å². The Morgan fingerprint density at radius 1 is 1.48 bits per heavy atom. The van der Waals surface area contributed by atoms with E-state index in [1.54, 1.807) is 6.20 Å². The van der Waals surface area contributed by atoms with Crippen LogP contribution >= 0.6 is 0 Å². The molecule has 2 heterocycles. The highest BCUT2D eigenvalue weighted by Gasteiger charge is 2.39. The molecule has 2 rings (SSSR count). The summed E-state index contributed by atoms with van der Waals surface area (Å²) in [7, 11) is 3.82. The maximum absolute atomic E-state index is 11.5. The number of aromatic nitrogens is 2. The van der Waals surface area contributed by atoms with E-state index >= 15 is 0 Å². The highest BCUT2D eigenvalue weighted by Crippen LogP contribution is 2.35. The summed E-state index contributed by atoms with van der Waals surface area (Å²) in [5.41, 5.74) is -0.712. The average molecular weight is 292 g/mol. The molecule has 0 radical (unpaired) electrons. The summed E-state index contributed by atoms with van der Waals surface area (Å²) >= 11 is 0. The number of aliphatic carboxylic acids is 1. The van der Waals surface area contributed by atoms with Crippen molar-refractivity contribution < 1.29 is 9.90 Å². The average Bonchev–Trinajstić information content (AvgIpc) is 2.47. The van der Waals surface area contributed by atoms with Crippen LogP contribution in [-0.4, -0.2) is 48.2 Å². The molecule has 1 N–H and O–H groups in total. The van der Waals surface area contributed by atoms with E-state index in [-0.39, 0.29) is 5.92 Å². The minimum absolute atomic E-state index is 0.126. The van der Waals surface area contributed by atoms with Gasteiger partial charge in [-0.05, 0) is 38.7 Å². The highest BCUT2D eigenvalue weighted by atomic mass is 16.4. The summed E-state index contributed by atoms with van der Waals surface area (Å²) in [4.78, 5) is 24.3. The lowest BCUT2D eigenvalue weighted by molar-refractivity contribution is -0.150. The van der Waals surface area contributed by atoms with Gasteiger partial charge in [-0.15, -0.1) is 0 Å². The fourth-order valence-electron chi connectivity index (χ4n) is 2.68. The monoisotopic (exact) mass is 292 g/mol. The second kappa shape index (κ2) is 5.87. The van der Waals surface area contributed by atoms with Crippen molar-refractivity contribution in [3.63, 3.8) is 0 Å². The van der Waals surface area contributed by atoms with Crippen molar-refractivity contribution in [3.8, 4) is 0 Å². The molecule has 1 aliphatic rings. The van der Waals surface area contributed by atoms with Gasteiger partial charge in [-0.1, -0.05) is 0 Å². The van der Waals surface area contributed by atoms with Gasteiger partial charge in [0.2, 0.25) is 5.95 Å². The predicted molar refractivity (Wildman–Crippen MR) is 82.7 cm³/mol. The summed E-state index contributed by atoms with van der Waals surface area (Å²) in [6.07, 6.45) is 3.69. The van der Waals surface area contributed by atoms with Crippen molar-refractivity contribution in [1.82, 2.24) is 9.97 Å². The molecular weight excluding hydrogens is 268 g/mol. The second-order valence-corrected chi connectivity index (χ2v) is 6.42. The van der Waals surface area contributed by atoms with Crippen LogP contribution in [0.15, 0.2) is 12.3 Å². The van der Waals surface area contributed by atoms with E-state index < -0.39 is 11.4 Å². The molecule has 1 aliphatic heterocycles. The van der Waals surface area contributed by atoms with Crippen molar-refractivity contribution >= 4 is 17.7 Å². The molecule has 1 unspecified atom stereocenters. The number of nitrogens with zero attached hydrogens (tertiary/aromatic N) is 4. The quantitative estimate of drug-likeness (QED) is 0.913. The van der Waals surface area contributed by atoms with Gasteiger partial charge in [0.1, 0.15) is 5.82 Å². The number of carboxylic acid groups (broad SMARTS) is 1. The molecule has 0 spiro atoms. The van der Waals surface area contributed by atoms with Gasteiger partial charge < -0.3 is 14.9 Å². The van der Waals surface area contributed by atoms with Crippen LogP contribution < -0.4 is 9.80 Å². The first-order valence-corrected chi connectivity index (χ1v) is 7.31. The Hall–Kier alpha value is -1.85. The van der Waals surface area contributed by atoms with Gasteiger partial charge in [0, 0.05) is 33.4 Å². The van der Waals surface area contributed by atoms with E-state index in [0.29, 0.717) is 5.95 Å². The van der Waals surface area contributed by atoms with E-state index in [4.69, 9.17) is 0 Å². The van der Waals surface area contributed by atoms with Crippen LogP contribution in [0.4, 0.5) is 11.8 Å². The molecule has 1 saturated heterocycles. The van der Waals surface area contributed by atoms with Crippen LogP contribution in [0, 0.1) is 11.3 Å². The van der Waals surface area contributed by atoms with Gasteiger partial charge in [0.25, 0.3) is 0 Å². The summed E-state index contributed by atoms with van der Waals surface area (Å²) in [6.45, 7) is 5.27. The Bertz CT molecular complexity index is 516. The van der Waals surface area contributed by atoms with E-state index in [2.05, 4.69) is 14.9 Å². The molecule has 0 saturated carbocycles. The van der Waals surface area contributed by atoms with Gasteiger partial charge in [0.15, 0.2) is 0 Å². The van der Waals surface area contributed by atoms with Crippen molar-refractivity contribution in [2.75, 3.05) is 37.0 Å².